The van der Waals surface area contributed by atoms with Crippen LogP contribution in [-0.4, -0.2) is 18.0 Å². The molecular formula is C19H18N2O2S. The number of ether oxygens (including phenoxy) is 1. The third kappa shape index (κ3) is 4.00. The molecule has 0 bridgehead atoms. The molecule has 0 radical (unpaired) electrons. The van der Waals surface area contributed by atoms with Crippen LogP contribution < -0.4 is 10.1 Å². The first-order valence-electron chi connectivity index (χ1n) is 7.59. The molecule has 0 spiro atoms. The van der Waals surface area contributed by atoms with E-state index < -0.39 is 0 Å². The molecule has 0 atom stereocenters. The van der Waals surface area contributed by atoms with E-state index >= 15 is 0 Å². The highest BCUT2D eigenvalue weighted by Crippen LogP contribution is 2.24. The summed E-state index contributed by atoms with van der Waals surface area (Å²) in [5, 5.41) is 5.74. The van der Waals surface area contributed by atoms with Gasteiger partial charge in [-0.05, 0) is 37.3 Å². The van der Waals surface area contributed by atoms with Crippen molar-refractivity contribution >= 4 is 22.9 Å². The van der Waals surface area contributed by atoms with Crippen molar-refractivity contribution in [3.63, 3.8) is 0 Å². The van der Waals surface area contributed by atoms with Crippen LogP contribution >= 0.6 is 11.3 Å². The summed E-state index contributed by atoms with van der Waals surface area (Å²) in [6, 6.07) is 15.5. The van der Waals surface area contributed by atoms with E-state index in [2.05, 4.69) is 29.4 Å². The van der Waals surface area contributed by atoms with Gasteiger partial charge in [0, 0.05) is 16.6 Å². The van der Waals surface area contributed by atoms with Crippen molar-refractivity contribution in [1.29, 1.82) is 0 Å². The highest BCUT2D eigenvalue weighted by atomic mass is 32.1. The number of anilines is 1. The number of thiazole rings is 1. The fourth-order valence-electron chi connectivity index (χ4n) is 2.34. The standard InChI is InChI=1S/C19H18N2O2S/c1-13-4-3-5-14(10-13)19-21-16(12-24-19)11-18(22)20-15-6-8-17(23-2)9-7-15/h3-10,12H,11H2,1-2H3,(H,20,22). The third-order valence-corrected chi connectivity index (χ3v) is 4.47. The Morgan fingerprint density at radius 3 is 2.71 bits per heavy atom. The van der Waals surface area contributed by atoms with Gasteiger partial charge in [0.2, 0.25) is 5.91 Å². The van der Waals surface area contributed by atoms with E-state index in [1.54, 1.807) is 18.4 Å². The van der Waals surface area contributed by atoms with Gasteiger partial charge >= 0.3 is 0 Å². The van der Waals surface area contributed by atoms with Gasteiger partial charge in [0.15, 0.2) is 0 Å². The molecule has 0 saturated heterocycles. The number of benzene rings is 2. The maximum absolute atomic E-state index is 12.2. The van der Waals surface area contributed by atoms with Crippen LogP contribution in [0.4, 0.5) is 5.69 Å². The predicted octanol–water partition coefficient (Wildman–Crippen LogP) is 4.31. The summed E-state index contributed by atoms with van der Waals surface area (Å²) in [4.78, 5) is 16.7. The van der Waals surface area contributed by atoms with Crippen molar-refractivity contribution < 1.29 is 9.53 Å². The zero-order chi connectivity index (χ0) is 16.9. The first kappa shape index (κ1) is 16.2. The Hall–Kier alpha value is -2.66. The maximum Gasteiger partial charge on any atom is 0.230 e. The van der Waals surface area contributed by atoms with Crippen LogP contribution in [0.5, 0.6) is 5.75 Å². The number of aryl methyl sites for hydroxylation is 1. The lowest BCUT2D eigenvalue weighted by molar-refractivity contribution is -0.115. The number of amides is 1. The Morgan fingerprint density at radius 2 is 2.00 bits per heavy atom. The number of carbonyl (C=O) groups is 1. The Balaban J connectivity index is 1.64. The van der Waals surface area contributed by atoms with E-state index in [0.29, 0.717) is 0 Å². The van der Waals surface area contributed by atoms with Gasteiger partial charge in [-0.1, -0.05) is 23.8 Å². The monoisotopic (exact) mass is 338 g/mol. The Kier molecular flexibility index (Phi) is 4.91. The number of aromatic nitrogens is 1. The minimum absolute atomic E-state index is 0.0822. The van der Waals surface area contributed by atoms with E-state index in [1.165, 1.54) is 5.56 Å². The summed E-state index contributed by atoms with van der Waals surface area (Å²) in [5.41, 5.74) is 3.81. The quantitative estimate of drug-likeness (QED) is 0.754. The van der Waals surface area contributed by atoms with E-state index in [9.17, 15) is 4.79 Å². The van der Waals surface area contributed by atoms with Crippen molar-refractivity contribution in [2.75, 3.05) is 12.4 Å². The summed E-state index contributed by atoms with van der Waals surface area (Å²) in [6.07, 6.45) is 0.258. The van der Waals surface area contributed by atoms with Crippen LogP contribution in [0.1, 0.15) is 11.3 Å². The summed E-state index contributed by atoms with van der Waals surface area (Å²) in [6.45, 7) is 2.06. The van der Waals surface area contributed by atoms with Crippen LogP contribution in [-0.2, 0) is 11.2 Å². The Morgan fingerprint density at radius 1 is 1.21 bits per heavy atom. The zero-order valence-corrected chi connectivity index (χ0v) is 14.4. The first-order chi connectivity index (χ1) is 11.6. The van der Waals surface area contributed by atoms with Crippen molar-refractivity contribution in [3.05, 3.63) is 65.2 Å². The molecular weight excluding hydrogens is 320 g/mol. The average molecular weight is 338 g/mol. The van der Waals surface area contributed by atoms with Gasteiger partial charge in [-0.3, -0.25) is 4.79 Å². The summed E-state index contributed by atoms with van der Waals surface area (Å²) >= 11 is 1.56. The number of hydrogen-bond donors (Lipinski definition) is 1. The van der Waals surface area contributed by atoms with Crippen LogP contribution in [0, 0.1) is 6.92 Å². The molecule has 1 aromatic heterocycles. The minimum Gasteiger partial charge on any atom is -0.497 e. The molecule has 1 heterocycles. The van der Waals surface area contributed by atoms with E-state index in [-0.39, 0.29) is 12.3 Å². The molecule has 0 saturated carbocycles. The second kappa shape index (κ2) is 7.27. The lowest BCUT2D eigenvalue weighted by Crippen LogP contribution is -2.14. The van der Waals surface area contributed by atoms with Gasteiger partial charge in [-0.25, -0.2) is 4.98 Å². The molecule has 1 N–H and O–H groups in total. The number of nitrogens with zero attached hydrogens (tertiary/aromatic N) is 1. The van der Waals surface area contributed by atoms with Crippen molar-refractivity contribution in [1.82, 2.24) is 4.98 Å². The van der Waals surface area contributed by atoms with Gasteiger partial charge < -0.3 is 10.1 Å². The second-order valence-corrected chi connectivity index (χ2v) is 6.33. The Labute approximate surface area is 145 Å². The number of methoxy groups -OCH3 is 1. The van der Waals surface area contributed by atoms with Crippen LogP contribution in [0.3, 0.4) is 0 Å². The third-order valence-electron chi connectivity index (χ3n) is 3.53. The number of hydrogen-bond acceptors (Lipinski definition) is 4. The largest absolute Gasteiger partial charge is 0.497 e. The van der Waals surface area contributed by atoms with Crippen molar-refractivity contribution in [2.24, 2.45) is 0 Å². The molecule has 2 aromatic carbocycles. The lowest BCUT2D eigenvalue weighted by atomic mass is 10.1. The summed E-state index contributed by atoms with van der Waals surface area (Å²) < 4.78 is 5.10. The fraction of sp³-hybridized carbons (Fsp3) is 0.158. The summed E-state index contributed by atoms with van der Waals surface area (Å²) in [7, 11) is 1.61. The van der Waals surface area contributed by atoms with E-state index in [0.717, 1.165) is 27.7 Å². The highest BCUT2D eigenvalue weighted by molar-refractivity contribution is 7.13. The molecule has 3 rings (SSSR count). The predicted molar refractivity (Wildman–Crippen MR) is 97.6 cm³/mol. The number of rotatable bonds is 5. The smallest absolute Gasteiger partial charge is 0.230 e. The van der Waals surface area contributed by atoms with Gasteiger partial charge in [0.25, 0.3) is 0 Å². The topological polar surface area (TPSA) is 51.2 Å². The molecule has 0 aliphatic rings. The molecule has 3 aromatic rings. The molecule has 0 unspecified atom stereocenters. The molecule has 4 nitrogen and oxygen atoms in total. The molecule has 122 valence electrons. The molecule has 5 heteroatoms. The van der Waals surface area contributed by atoms with Crippen molar-refractivity contribution in [2.45, 2.75) is 13.3 Å². The first-order valence-corrected chi connectivity index (χ1v) is 8.47. The normalized spacial score (nSPS) is 10.4. The van der Waals surface area contributed by atoms with Gasteiger partial charge in [-0.2, -0.15) is 0 Å². The SMILES string of the molecule is COc1ccc(NC(=O)Cc2csc(-c3cccc(C)c3)n2)cc1. The van der Waals surface area contributed by atoms with Gasteiger partial charge in [0.1, 0.15) is 10.8 Å². The molecule has 0 aliphatic heterocycles. The lowest BCUT2D eigenvalue weighted by Gasteiger charge is -2.05. The fourth-order valence-corrected chi connectivity index (χ4v) is 3.16. The maximum atomic E-state index is 12.2. The minimum atomic E-state index is -0.0822. The molecule has 24 heavy (non-hydrogen) atoms. The van der Waals surface area contributed by atoms with Crippen LogP contribution in [0.15, 0.2) is 53.9 Å². The molecule has 1 amide bonds. The second-order valence-electron chi connectivity index (χ2n) is 5.47. The average Bonchev–Trinajstić information content (AvgIpc) is 3.04. The number of carbonyl (C=O) groups excluding carboxylic acids is 1. The highest BCUT2D eigenvalue weighted by Gasteiger charge is 2.09. The van der Waals surface area contributed by atoms with Gasteiger partial charge in [-0.15, -0.1) is 11.3 Å². The summed E-state index contributed by atoms with van der Waals surface area (Å²) in [5.74, 6) is 0.677. The van der Waals surface area contributed by atoms with Gasteiger partial charge in [0.05, 0.1) is 19.2 Å². The van der Waals surface area contributed by atoms with Crippen LogP contribution in [0.25, 0.3) is 10.6 Å². The van der Waals surface area contributed by atoms with E-state index in [1.807, 2.05) is 41.8 Å². The van der Waals surface area contributed by atoms with Crippen molar-refractivity contribution in [3.8, 4) is 16.3 Å². The molecule has 0 aliphatic carbocycles. The van der Waals surface area contributed by atoms with E-state index in [4.69, 9.17) is 4.74 Å². The van der Waals surface area contributed by atoms with Crippen LogP contribution in [0.2, 0.25) is 0 Å². The zero-order valence-electron chi connectivity index (χ0n) is 13.6. The Bertz CT molecular complexity index is 841. The molecule has 0 fully saturated rings. The number of nitrogens with one attached hydrogen (secondary N) is 1.